The van der Waals surface area contributed by atoms with Gasteiger partial charge in [-0.25, -0.2) is 4.79 Å². The van der Waals surface area contributed by atoms with Gasteiger partial charge < -0.3 is 19.7 Å². The molecule has 5 rings (SSSR count). The monoisotopic (exact) mass is 641 g/mol. The molecular formula is C40H39N3O5. The zero-order valence-electron chi connectivity index (χ0n) is 27.0. The molecule has 5 aromatic rings. The molecule has 0 aliphatic carbocycles. The molecule has 48 heavy (non-hydrogen) atoms. The van der Waals surface area contributed by atoms with E-state index in [-0.39, 0.29) is 11.7 Å². The fraction of sp³-hybridized carbons (Fsp3) is 0.200. The lowest BCUT2D eigenvalue weighted by atomic mass is 10.00. The molecule has 1 N–H and O–H groups in total. The highest BCUT2D eigenvalue weighted by molar-refractivity contribution is 6.12. The molecule has 1 heterocycles. The molecule has 8 heteroatoms. The van der Waals surface area contributed by atoms with Crippen LogP contribution in [-0.2, 0) is 33.7 Å². The van der Waals surface area contributed by atoms with Crippen molar-refractivity contribution in [1.82, 2.24) is 9.88 Å². The van der Waals surface area contributed by atoms with Crippen LogP contribution in [0.4, 0.5) is 5.69 Å². The molecule has 8 nitrogen and oxygen atoms in total. The first-order valence-electron chi connectivity index (χ1n) is 16.0. The molecule has 4 aromatic carbocycles. The molecule has 1 amide bonds. The summed E-state index contributed by atoms with van der Waals surface area (Å²) in [6.07, 6.45) is 4.85. The van der Waals surface area contributed by atoms with Gasteiger partial charge in [0.05, 0.1) is 13.7 Å². The molecule has 0 aliphatic heterocycles. The van der Waals surface area contributed by atoms with E-state index in [1.165, 1.54) is 7.11 Å². The Morgan fingerprint density at radius 3 is 2.17 bits per heavy atom. The third kappa shape index (κ3) is 9.62. The van der Waals surface area contributed by atoms with E-state index in [1.54, 1.807) is 42.7 Å². The smallest absolute Gasteiger partial charge is 0.328 e. The number of esters is 1. The van der Waals surface area contributed by atoms with Crippen LogP contribution in [0.5, 0.6) is 5.75 Å². The third-order valence-electron chi connectivity index (χ3n) is 7.94. The number of ketones is 1. The molecule has 0 radical (unpaired) electrons. The van der Waals surface area contributed by atoms with Crippen molar-refractivity contribution in [3.63, 3.8) is 0 Å². The third-order valence-corrected chi connectivity index (χ3v) is 7.94. The van der Waals surface area contributed by atoms with E-state index in [9.17, 15) is 14.4 Å². The number of aromatic nitrogens is 1. The van der Waals surface area contributed by atoms with E-state index in [0.29, 0.717) is 61.5 Å². The van der Waals surface area contributed by atoms with Crippen LogP contribution in [0.15, 0.2) is 134 Å². The number of methoxy groups -OCH3 is 1. The van der Waals surface area contributed by atoms with Gasteiger partial charge in [0.2, 0.25) is 5.91 Å². The normalized spacial score (nSPS) is 11.3. The Morgan fingerprint density at radius 2 is 1.46 bits per heavy atom. The zero-order valence-corrected chi connectivity index (χ0v) is 27.0. The SMILES string of the molecule is COC(=O)C(Cc1ccc(OCCN(Cc2ccccc2)C(=O)CCc2cccnc2)cc1)Nc1ccccc1C(=O)c1ccccc1. The van der Waals surface area contributed by atoms with Gasteiger partial charge in [0.25, 0.3) is 0 Å². The van der Waals surface area contributed by atoms with Crippen LogP contribution in [-0.4, -0.2) is 53.8 Å². The largest absolute Gasteiger partial charge is 0.492 e. The number of aryl methyl sites for hydroxylation is 1. The summed E-state index contributed by atoms with van der Waals surface area (Å²) < 4.78 is 11.1. The molecule has 244 valence electrons. The number of nitrogens with one attached hydrogen (secondary N) is 1. The predicted molar refractivity (Wildman–Crippen MR) is 186 cm³/mol. The summed E-state index contributed by atoms with van der Waals surface area (Å²) in [6, 6.07) is 36.7. The Morgan fingerprint density at radius 1 is 0.771 bits per heavy atom. The summed E-state index contributed by atoms with van der Waals surface area (Å²) in [5.41, 5.74) is 4.55. The highest BCUT2D eigenvalue weighted by Crippen LogP contribution is 2.22. The van der Waals surface area contributed by atoms with Crippen LogP contribution in [0.25, 0.3) is 0 Å². The van der Waals surface area contributed by atoms with Crippen molar-refractivity contribution in [2.75, 3.05) is 25.6 Å². The Balaban J connectivity index is 1.20. The van der Waals surface area contributed by atoms with Gasteiger partial charge in [-0.1, -0.05) is 91.0 Å². The van der Waals surface area contributed by atoms with Crippen LogP contribution in [0.2, 0.25) is 0 Å². The van der Waals surface area contributed by atoms with Crippen molar-refractivity contribution in [3.05, 3.63) is 162 Å². The first-order chi connectivity index (χ1) is 23.5. The van der Waals surface area contributed by atoms with Gasteiger partial charge >= 0.3 is 5.97 Å². The van der Waals surface area contributed by atoms with E-state index in [4.69, 9.17) is 9.47 Å². The van der Waals surface area contributed by atoms with E-state index in [2.05, 4.69) is 10.3 Å². The predicted octanol–water partition coefficient (Wildman–Crippen LogP) is 6.55. The van der Waals surface area contributed by atoms with Crippen molar-refractivity contribution < 1.29 is 23.9 Å². The van der Waals surface area contributed by atoms with Gasteiger partial charge in [-0.05, 0) is 53.4 Å². The second kappa shape index (κ2) is 17.2. The maximum atomic E-state index is 13.2. The minimum atomic E-state index is -0.726. The van der Waals surface area contributed by atoms with Crippen molar-refractivity contribution in [3.8, 4) is 5.75 Å². The Kier molecular flexibility index (Phi) is 12.1. The molecule has 0 aliphatic rings. The lowest BCUT2D eigenvalue weighted by Crippen LogP contribution is -2.34. The van der Waals surface area contributed by atoms with Crippen LogP contribution >= 0.6 is 0 Å². The number of amides is 1. The highest BCUT2D eigenvalue weighted by atomic mass is 16.5. The lowest BCUT2D eigenvalue weighted by Gasteiger charge is -2.23. The first-order valence-corrected chi connectivity index (χ1v) is 16.0. The number of rotatable bonds is 16. The van der Waals surface area contributed by atoms with Gasteiger partial charge in [0.15, 0.2) is 5.78 Å². The molecule has 0 spiro atoms. The quantitative estimate of drug-likeness (QED) is 0.0964. The summed E-state index contributed by atoms with van der Waals surface area (Å²) in [4.78, 5) is 45.3. The Labute approximate surface area is 281 Å². The van der Waals surface area contributed by atoms with Crippen molar-refractivity contribution >= 4 is 23.3 Å². The van der Waals surface area contributed by atoms with Crippen molar-refractivity contribution in [1.29, 1.82) is 0 Å². The van der Waals surface area contributed by atoms with E-state index < -0.39 is 12.0 Å². The molecule has 1 aromatic heterocycles. The van der Waals surface area contributed by atoms with E-state index in [0.717, 1.165) is 16.7 Å². The number of ether oxygens (including phenoxy) is 2. The van der Waals surface area contributed by atoms with Crippen LogP contribution in [0, 0.1) is 0 Å². The van der Waals surface area contributed by atoms with Crippen LogP contribution in [0.1, 0.15) is 39.0 Å². The van der Waals surface area contributed by atoms with Gasteiger partial charge in [0.1, 0.15) is 18.4 Å². The number of hydrogen-bond donors (Lipinski definition) is 1. The lowest BCUT2D eigenvalue weighted by molar-refractivity contribution is -0.141. The van der Waals surface area contributed by atoms with Gasteiger partial charge in [-0.2, -0.15) is 0 Å². The zero-order chi connectivity index (χ0) is 33.6. The second-order valence-electron chi connectivity index (χ2n) is 11.3. The van der Waals surface area contributed by atoms with E-state index in [1.807, 2.05) is 95.9 Å². The number of carbonyl (C=O) groups excluding carboxylic acids is 3. The highest BCUT2D eigenvalue weighted by Gasteiger charge is 2.23. The number of hydrogen-bond acceptors (Lipinski definition) is 7. The Bertz CT molecular complexity index is 1760. The van der Waals surface area contributed by atoms with Gasteiger partial charge in [0, 0.05) is 48.6 Å². The Hall–Kier alpha value is -5.76. The topological polar surface area (TPSA) is 97.8 Å². The number of para-hydroxylation sites is 1. The summed E-state index contributed by atoms with van der Waals surface area (Å²) >= 11 is 0. The number of nitrogens with zero attached hydrogens (tertiary/aromatic N) is 2. The molecule has 0 saturated heterocycles. The minimum absolute atomic E-state index is 0.0510. The molecule has 0 fully saturated rings. The first kappa shape index (κ1) is 33.6. The fourth-order valence-electron chi connectivity index (χ4n) is 5.36. The van der Waals surface area contributed by atoms with Crippen LogP contribution in [0.3, 0.4) is 0 Å². The van der Waals surface area contributed by atoms with E-state index >= 15 is 0 Å². The number of benzene rings is 4. The summed E-state index contributed by atoms with van der Waals surface area (Å²) in [7, 11) is 1.35. The number of anilines is 1. The number of carbonyl (C=O) groups is 3. The molecule has 1 atom stereocenters. The maximum Gasteiger partial charge on any atom is 0.328 e. The van der Waals surface area contributed by atoms with Gasteiger partial charge in [-0.15, -0.1) is 0 Å². The fourth-order valence-corrected chi connectivity index (χ4v) is 5.36. The summed E-state index contributed by atoms with van der Waals surface area (Å²) in [5.74, 6) is 0.128. The van der Waals surface area contributed by atoms with Crippen molar-refractivity contribution in [2.24, 2.45) is 0 Å². The standard InChI is InChI=1S/C40H39N3O5/c1-47-40(46)37(42-36-17-9-8-16-35(36)39(45)33-14-6-3-7-15-33)27-30-18-21-34(22-19-30)48-26-25-43(29-32-11-4-2-5-12-32)38(44)23-20-31-13-10-24-41-28-31/h2-19,21-22,24,28,37,42H,20,23,25-27,29H2,1H3. The second-order valence-corrected chi connectivity index (χ2v) is 11.3. The maximum absolute atomic E-state index is 13.2. The average molecular weight is 642 g/mol. The molecule has 0 bridgehead atoms. The minimum Gasteiger partial charge on any atom is -0.492 e. The van der Waals surface area contributed by atoms with Crippen LogP contribution < -0.4 is 10.1 Å². The number of pyridine rings is 1. The molecular weight excluding hydrogens is 602 g/mol. The van der Waals surface area contributed by atoms with Crippen molar-refractivity contribution in [2.45, 2.75) is 31.8 Å². The molecule has 1 unspecified atom stereocenters. The summed E-state index contributed by atoms with van der Waals surface area (Å²) in [5, 5.41) is 3.24. The van der Waals surface area contributed by atoms with Gasteiger partial charge in [-0.3, -0.25) is 14.6 Å². The average Bonchev–Trinajstić information content (AvgIpc) is 3.14. The summed E-state index contributed by atoms with van der Waals surface area (Å²) in [6.45, 7) is 1.25. The molecule has 0 saturated carbocycles.